The zero-order chi connectivity index (χ0) is 18.4. The molecule has 138 valence electrons. The summed E-state index contributed by atoms with van der Waals surface area (Å²) in [6.07, 6.45) is 4.35. The van der Waals surface area contributed by atoms with Gasteiger partial charge < -0.3 is 5.11 Å². The molecule has 0 spiro atoms. The third kappa shape index (κ3) is 5.05. The van der Waals surface area contributed by atoms with Crippen LogP contribution in [-0.4, -0.2) is 19.5 Å². The Morgan fingerprint density at radius 3 is 2.32 bits per heavy atom. The van der Waals surface area contributed by atoms with Crippen LogP contribution in [-0.2, 0) is 25.1 Å². The summed E-state index contributed by atoms with van der Waals surface area (Å²) < 4.78 is 3.07. The summed E-state index contributed by atoms with van der Waals surface area (Å²) >= 11 is 0. The van der Waals surface area contributed by atoms with Gasteiger partial charge in [-0.25, -0.2) is 9.48 Å². The second kappa shape index (κ2) is 8.48. The number of hydrogen-bond donors (Lipinski definition) is 1. The Hall–Kier alpha value is -1.88. The Morgan fingerprint density at radius 1 is 1.08 bits per heavy atom. The molecule has 0 atom stereocenters. The fourth-order valence-electron chi connectivity index (χ4n) is 2.91. The SMILES string of the molecule is CCCCCCn1c(CO)nn(Cc2ccc(C(C)(C)C)cc2)c1=O. The quantitative estimate of drug-likeness (QED) is 0.745. The van der Waals surface area contributed by atoms with Crippen LogP contribution < -0.4 is 5.69 Å². The van der Waals surface area contributed by atoms with Crippen LogP contribution in [0.25, 0.3) is 0 Å². The molecule has 5 heteroatoms. The van der Waals surface area contributed by atoms with Crippen LogP contribution in [0.4, 0.5) is 0 Å². The van der Waals surface area contributed by atoms with Crippen molar-refractivity contribution in [3.05, 3.63) is 51.7 Å². The van der Waals surface area contributed by atoms with E-state index in [-0.39, 0.29) is 17.7 Å². The third-order valence-corrected chi connectivity index (χ3v) is 4.53. The average Bonchev–Trinajstić information content (AvgIpc) is 2.87. The Labute approximate surface area is 150 Å². The minimum absolute atomic E-state index is 0.111. The molecule has 0 bridgehead atoms. The normalized spacial score (nSPS) is 11.9. The topological polar surface area (TPSA) is 60.0 Å². The zero-order valence-corrected chi connectivity index (χ0v) is 16.0. The molecule has 0 radical (unpaired) electrons. The van der Waals surface area contributed by atoms with Crippen LogP contribution in [0.2, 0.25) is 0 Å². The van der Waals surface area contributed by atoms with E-state index in [2.05, 4.69) is 44.9 Å². The van der Waals surface area contributed by atoms with Crippen molar-refractivity contribution in [2.45, 2.75) is 78.5 Å². The van der Waals surface area contributed by atoms with Gasteiger partial charge in [0.05, 0.1) is 6.54 Å². The summed E-state index contributed by atoms with van der Waals surface area (Å²) in [7, 11) is 0. The fourth-order valence-corrected chi connectivity index (χ4v) is 2.91. The molecule has 1 aromatic carbocycles. The molecule has 0 saturated heterocycles. The Bertz CT molecular complexity index is 721. The number of rotatable bonds is 8. The van der Waals surface area contributed by atoms with Crippen LogP contribution in [0.15, 0.2) is 29.1 Å². The highest BCUT2D eigenvalue weighted by molar-refractivity contribution is 5.27. The molecular formula is C20H31N3O2. The van der Waals surface area contributed by atoms with Crippen molar-refractivity contribution < 1.29 is 5.11 Å². The molecule has 0 fully saturated rings. The summed E-state index contributed by atoms with van der Waals surface area (Å²) in [5.41, 5.74) is 2.27. The van der Waals surface area contributed by atoms with Crippen LogP contribution in [0, 0.1) is 0 Å². The smallest absolute Gasteiger partial charge is 0.346 e. The van der Waals surface area contributed by atoms with Crippen molar-refractivity contribution >= 4 is 0 Å². The predicted octanol–water partition coefficient (Wildman–Crippen LogP) is 3.46. The summed E-state index contributed by atoms with van der Waals surface area (Å²) in [5.74, 6) is 0.452. The lowest BCUT2D eigenvalue weighted by atomic mass is 9.87. The molecule has 0 unspecified atom stereocenters. The van der Waals surface area contributed by atoms with Gasteiger partial charge >= 0.3 is 5.69 Å². The highest BCUT2D eigenvalue weighted by Crippen LogP contribution is 2.22. The van der Waals surface area contributed by atoms with Crippen molar-refractivity contribution in [2.24, 2.45) is 0 Å². The fraction of sp³-hybridized carbons (Fsp3) is 0.600. The van der Waals surface area contributed by atoms with Crippen LogP contribution in [0.1, 0.15) is 70.3 Å². The average molecular weight is 345 g/mol. The van der Waals surface area contributed by atoms with Crippen molar-refractivity contribution in [1.82, 2.24) is 14.3 Å². The van der Waals surface area contributed by atoms with E-state index >= 15 is 0 Å². The molecule has 5 nitrogen and oxygen atoms in total. The molecule has 25 heavy (non-hydrogen) atoms. The highest BCUT2D eigenvalue weighted by Gasteiger charge is 2.15. The van der Waals surface area contributed by atoms with E-state index in [1.54, 1.807) is 4.57 Å². The monoisotopic (exact) mass is 345 g/mol. The van der Waals surface area contributed by atoms with Gasteiger partial charge in [-0.3, -0.25) is 4.57 Å². The number of aromatic nitrogens is 3. The molecule has 0 aliphatic heterocycles. The molecule has 1 N–H and O–H groups in total. The highest BCUT2D eigenvalue weighted by atomic mass is 16.3. The predicted molar refractivity (Wildman–Crippen MR) is 101 cm³/mol. The summed E-state index contributed by atoms with van der Waals surface area (Å²) in [6, 6.07) is 8.31. The first kappa shape index (κ1) is 19.4. The Morgan fingerprint density at radius 2 is 1.76 bits per heavy atom. The number of benzene rings is 1. The van der Waals surface area contributed by atoms with Crippen molar-refractivity contribution in [2.75, 3.05) is 0 Å². The van der Waals surface area contributed by atoms with E-state index in [1.165, 1.54) is 10.2 Å². The van der Waals surface area contributed by atoms with E-state index in [9.17, 15) is 9.90 Å². The molecular weight excluding hydrogens is 314 g/mol. The number of aliphatic hydroxyl groups is 1. The van der Waals surface area contributed by atoms with Crippen LogP contribution in [0.5, 0.6) is 0 Å². The van der Waals surface area contributed by atoms with Gasteiger partial charge in [-0.05, 0) is 23.0 Å². The molecule has 2 aromatic rings. The maximum atomic E-state index is 12.6. The van der Waals surface area contributed by atoms with Crippen molar-refractivity contribution in [3.8, 4) is 0 Å². The second-order valence-corrected chi connectivity index (χ2v) is 7.67. The standard InChI is InChI=1S/C20H31N3O2/c1-5-6-7-8-13-22-18(15-24)21-23(19(22)25)14-16-9-11-17(12-10-16)20(2,3)4/h9-12,24H,5-8,13-15H2,1-4H3. The van der Waals surface area contributed by atoms with Crippen LogP contribution >= 0.6 is 0 Å². The van der Waals surface area contributed by atoms with Crippen molar-refractivity contribution in [3.63, 3.8) is 0 Å². The van der Waals surface area contributed by atoms with E-state index < -0.39 is 0 Å². The Balaban J connectivity index is 2.14. The van der Waals surface area contributed by atoms with Gasteiger partial charge in [0.15, 0.2) is 5.82 Å². The van der Waals surface area contributed by atoms with Gasteiger partial charge in [-0.1, -0.05) is 71.2 Å². The molecule has 1 heterocycles. The molecule has 0 aliphatic carbocycles. The molecule has 0 amide bonds. The minimum Gasteiger partial charge on any atom is -0.388 e. The number of aliphatic hydroxyl groups excluding tert-OH is 1. The van der Waals surface area contributed by atoms with Gasteiger partial charge in [-0.2, -0.15) is 5.10 Å². The summed E-state index contributed by atoms with van der Waals surface area (Å²) in [5, 5.41) is 13.8. The summed E-state index contributed by atoms with van der Waals surface area (Å²) in [6.45, 7) is 9.55. The number of nitrogens with zero attached hydrogens (tertiary/aromatic N) is 3. The Kier molecular flexibility index (Phi) is 6.59. The van der Waals surface area contributed by atoms with Crippen LogP contribution in [0.3, 0.4) is 0 Å². The first-order valence-corrected chi connectivity index (χ1v) is 9.23. The lowest BCUT2D eigenvalue weighted by molar-refractivity contribution is 0.263. The molecule has 1 aromatic heterocycles. The number of hydrogen-bond acceptors (Lipinski definition) is 3. The van der Waals surface area contributed by atoms with Gasteiger partial charge in [0, 0.05) is 6.54 Å². The van der Waals surface area contributed by atoms with Gasteiger partial charge in [0.2, 0.25) is 0 Å². The van der Waals surface area contributed by atoms with E-state index in [0.29, 0.717) is 18.9 Å². The van der Waals surface area contributed by atoms with Gasteiger partial charge in [-0.15, -0.1) is 0 Å². The third-order valence-electron chi connectivity index (χ3n) is 4.53. The minimum atomic E-state index is -0.209. The van der Waals surface area contributed by atoms with Gasteiger partial charge in [0.1, 0.15) is 6.61 Å². The van der Waals surface area contributed by atoms with Gasteiger partial charge in [0.25, 0.3) is 0 Å². The largest absolute Gasteiger partial charge is 0.388 e. The molecule has 2 rings (SSSR count). The van der Waals surface area contributed by atoms with E-state index in [0.717, 1.165) is 31.2 Å². The second-order valence-electron chi connectivity index (χ2n) is 7.67. The summed E-state index contributed by atoms with van der Waals surface area (Å²) in [4.78, 5) is 12.6. The zero-order valence-electron chi connectivity index (χ0n) is 16.0. The van der Waals surface area contributed by atoms with E-state index in [1.807, 2.05) is 12.1 Å². The van der Waals surface area contributed by atoms with Crippen molar-refractivity contribution in [1.29, 1.82) is 0 Å². The first-order valence-electron chi connectivity index (χ1n) is 9.23. The van der Waals surface area contributed by atoms with E-state index in [4.69, 9.17) is 0 Å². The number of unbranched alkanes of at least 4 members (excludes halogenated alkanes) is 3. The maximum Gasteiger partial charge on any atom is 0.346 e. The molecule has 0 aliphatic rings. The first-order chi connectivity index (χ1) is 11.9. The lowest BCUT2D eigenvalue weighted by Crippen LogP contribution is -2.26. The molecule has 0 saturated carbocycles. The maximum absolute atomic E-state index is 12.6. The lowest BCUT2D eigenvalue weighted by Gasteiger charge is -2.19.